The van der Waals surface area contributed by atoms with Crippen molar-refractivity contribution in [3.05, 3.63) is 65.7 Å². The molecule has 0 heterocycles. The second-order valence-electron chi connectivity index (χ2n) is 5.92. The van der Waals surface area contributed by atoms with Gasteiger partial charge in [0.25, 0.3) is 0 Å². The lowest BCUT2D eigenvalue weighted by atomic mass is 10.1. The lowest BCUT2D eigenvalue weighted by molar-refractivity contribution is -0.121. The van der Waals surface area contributed by atoms with Gasteiger partial charge in [0.15, 0.2) is 15.6 Å². The first-order chi connectivity index (χ1) is 11.8. The molecule has 1 N–H and O–H groups in total. The number of Topliss-reactive ketones (excluding diaryl/α,β-unsaturated/α-hetero) is 1. The number of rotatable bonds is 7. The van der Waals surface area contributed by atoms with Gasteiger partial charge in [0, 0.05) is 24.7 Å². The van der Waals surface area contributed by atoms with Gasteiger partial charge in [-0.1, -0.05) is 42.5 Å². The monoisotopic (exact) mass is 359 g/mol. The average Bonchev–Trinajstić information content (AvgIpc) is 2.59. The molecular weight excluding hydrogens is 338 g/mol. The second kappa shape index (κ2) is 8.07. The van der Waals surface area contributed by atoms with Crippen molar-refractivity contribution < 1.29 is 18.0 Å². The fourth-order valence-electron chi connectivity index (χ4n) is 2.40. The van der Waals surface area contributed by atoms with E-state index < -0.39 is 9.84 Å². The van der Waals surface area contributed by atoms with Crippen LogP contribution in [0, 0.1) is 0 Å². The van der Waals surface area contributed by atoms with Crippen molar-refractivity contribution in [1.82, 2.24) is 5.32 Å². The van der Waals surface area contributed by atoms with Crippen LogP contribution >= 0.6 is 0 Å². The maximum Gasteiger partial charge on any atom is 0.220 e. The lowest BCUT2D eigenvalue weighted by Crippen LogP contribution is -2.27. The maximum absolute atomic E-state index is 12.0. The minimum absolute atomic E-state index is 0.0686. The van der Waals surface area contributed by atoms with Crippen LogP contribution in [0.15, 0.2) is 59.5 Å². The van der Waals surface area contributed by atoms with Crippen LogP contribution in [-0.2, 0) is 14.6 Å². The van der Waals surface area contributed by atoms with E-state index in [1.165, 1.54) is 12.1 Å². The highest BCUT2D eigenvalue weighted by Crippen LogP contribution is 2.16. The van der Waals surface area contributed by atoms with E-state index in [2.05, 4.69) is 5.32 Å². The predicted molar refractivity (Wildman–Crippen MR) is 96.1 cm³/mol. The zero-order valence-corrected chi connectivity index (χ0v) is 15.0. The smallest absolute Gasteiger partial charge is 0.220 e. The number of ketones is 1. The Morgan fingerprint density at radius 3 is 2.12 bits per heavy atom. The highest BCUT2D eigenvalue weighted by atomic mass is 32.2. The third-order valence-electron chi connectivity index (χ3n) is 3.86. The van der Waals surface area contributed by atoms with Crippen LogP contribution in [0.4, 0.5) is 0 Å². The van der Waals surface area contributed by atoms with Crippen molar-refractivity contribution in [3.8, 4) is 0 Å². The molecule has 25 heavy (non-hydrogen) atoms. The standard InChI is InChI=1S/C19H21NO4S/c1-14(15-8-10-17(11-9-15)25(2,23)24)20-19(22)13-12-18(21)16-6-4-3-5-7-16/h3-11,14H,12-13H2,1-2H3,(H,20,22). The van der Waals surface area contributed by atoms with E-state index in [1.54, 1.807) is 36.4 Å². The summed E-state index contributed by atoms with van der Waals surface area (Å²) in [7, 11) is -3.24. The fourth-order valence-corrected chi connectivity index (χ4v) is 3.03. The number of hydrogen-bond acceptors (Lipinski definition) is 4. The molecule has 1 amide bonds. The molecular formula is C19H21NO4S. The first kappa shape index (κ1) is 18.9. The van der Waals surface area contributed by atoms with Crippen LogP contribution < -0.4 is 5.32 Å². The van der Waals surface area contributed by atoms with Gasteiger partial charge in [-0.25, -0.2) is 8.42 Å². The van der Waals surface area contributed by atoms with Gasteiger partial charge in [-0.3, -0.25) is 9.59 Å². The van der Waals surface area contributed by atoms with E-state index in [1.807, 2.05) is 13.0 Å². The molecule has 0 bridgehead atoms. The van der Waals surface area contributed by atoms with E-state index in [9.17, 15) is 18.0 Å². The van der Waals surface area contributed by atoms with Crippen molar-refractivity contribution in [2.45, 2.75) is 30.7 Å². The maximum atomic E-state index is 12.0. The molecule has 0 aliphatic heterocycles. The van der Waals surface area contributed by atoms with E-state index in [0.717, 1.165) is 11.8 Å². The van der Waals surface area contributed by atoms with Crippen LogP contribution in [0.3, 0.4) is 0 Å². The molecule has 0 fully saturated rings. The van der Waals surface area contributed by atoms with Crippen molar-refractivity contribution in [1.29, 1.82) is 0 Å². The number of carbonyl (C=O) groups is 2. The van der Waals surface area contributed by atoms with Gasteiger partial charge < -0.3 is 5.32 Å². The van der Waals surface area contributed by atoms with E-state index in [-0.39, 0.29) is 35.5 Å². The van der Waals surface area contributed by atoms with Crippen LogP contribution in [0.5, 0.6) is 0 Å². The Morgan fingerprint density at radius 1 is 0.960 bits per heavy atom. The summed E-state index contributed by atoms with van der Waals surface area (Å²) in [4.78, 5) is 24.3. The highest BCUT2D eigenvalue weighted by molar-refractivity contribution is 7.90. The Hall–Kier alpha value is -2.47. The van der Waals surface area contributed by atoms with Gasteiger partial charge in [-0.15, -0.1) is 0 Å². The number of hydrogen-bond donors (Lipinski definition) is 1. The molecule has 1 unspecified atom stereocenters. The van der Waals surface area contributed by atoms with E-state index >= 15 is 0 Å². The molecule has 6 heteroatoms. The summed E-state index contributed by atoms with van der Waals surface area (Å²) >= 11 is 0. The zero-order chi connectivity index (χ0) is 18.4. The fraction of sp³-hybridized carbons (Fsp3) is 0.263. The Bertz CT molecular complexity index is 843. The molecule has 0 saturated heterocycles. The molecule has 2 rings (SSSR count). The Morgan fingerprint density at radius 2 is 1.56 bits per heavy atom. The van der Waals surface area contributed by atoms with Crippen molar-refractivity contribution >= 4 is 21.5 Å². The van der Waals surface area contributed by atoms with Gasteiger partial charge in [0.1, 0.15) is 0 Å². The number of sulfone groups is 1. The molecule has 0 aromatic heterocycles. The SMILES string of the molecule is CC(NC(=O)CCC(=O)c1ccccc1)c1ccc(S(C)(=O)=O)cc1. The third kappa shape index (κ3) is 5.53. The quantitative estimate of drug-likeness (QED) is 0.771. The first-order valence-electron chi connectivity index (χ1n) is 7.95. The number of carbonyl (C=O) groups excluding carboxylic acids is 2. The average molecular weight is 359 g/mol. The number of benzene rings is 2. The molecule has 2 aromatic rings. The van der Waals surface area contributed by atoms with Crippen molar-refractivity contribution in [2.75, 3.05) is 6.26 Å². The topological polar surface area (TPSA) is 80.3 Å². The summed E-state index contributed by atoms with van der Waals surface area (Å²) in [5, 5.41) is 2.82. The van der Waals surface area contributed by atoms with E-state index in [0.29, 0.717) is 5.56 Å². The predicted octanol–water partition coefficient (Wildman–Crippen LogP) is 2.93. The highest BCUT2D eigenvalue weighted by Gasteiger charge is 2.13. The summed E-state index contributed by atoms with van der Waals surface area (Å²) in [5.41, 5.74) is 1.40. The molecule has 0 saturated carbocycles. The van der Waals surface area contributed by atoms with Crippen LogP contribution in [0.25, 0.3) is 0 Å². The van der Waals surface area contributed by atoms with Crippen molar-refractivity contribution in [3.63, 3.8) is 0 Å². The lowest BCUT2D eigenvalue weighted by Gasteiger charge is -2.14. The molecule has 0 spiro atoms. The molecule has 132 valence electrons. The summed E-state index contributed by atoms with van der Waals surface area (Å²) in [6, 6.07) is 15.0. The third-order valence-corrected chi connectivity index (χ3v) is 4.99. The van der Waals surface area contributed by atoms with Crippen LogP contribution in [0.1, 0.15) is 41.7 Å². The van der Waals surface area contributed by atoms with Gasteiger partial charge in [0.05, 0.1) is 10.9 Å². The van der Waals surface area contributed by atoms with Gasteiger partial charge in [0.2, 0.25) is 5.91 Å². The molecule has 2 aromatic carbocycles. The Labute approximate surface area is 148 Å². The summed E-state index contributed by atoms with van der Waals surface area (Å²) in [6.07, 6.45) is 1.41. The first-order valence-corrected chi connectivity index (χ1v) is 9.84. The molecule has 0 aliphatic rings. The Balaban J connectivity index is 1.88. The number of nitrogens with one attached hydrogen (secondary N) is 1. The molecule has 0 radical (unpaired) electrons. The summed E-state index contributed by atoms with van der Waals surface area (Å²) < 4.78 is 22.9. The van der Waals surface area contributed by atoms with Gasteiger partial charge in [-0.05, 0) is 24.6 Å². The van der Waals surface area contributed by atoms with Gasteiger partial charge >= 0.3 is 0 Å². The zero-order valence-electron chi connectivity index (χ0n) is 14.2. The molecule has 0 aliphatic carbocycles. The Kier molecular flexibility index (Phi) is 6.09. The second-order valence-corrected chi connectivity index (χ2v) is 7.94. The number of amides is 1. The minimum atomic E-state index is -3.24. The van der Waals surface area contributed by atoms with Gasteiger partial charge in [-0.2, -0.15) is 0 Å². The van der Waals surface area contributed by atoms with Crippen molar-refractivity contribution in [2.24, 2.45) is 0 Å². The van der Waals surface area contributed by atoms with E-state index in [4.69, 9.17) is 0 Å². The molecule has 1 atom stereocenters. The summed E-state index contributed by atoms with van der Waals surface area (Å²) in [5.74, 6) is -0.287. The minimum Gasteiger partial charge on any atom is -0.350 e. The molecule has 5 nitrogen and oxygen atoms in total. The normalized spacial score (nSPS) is 12.4. The summed E-state index contributed by atoms with van der Waals surface area (Å²) in [6.45, 7) is 1.81. The largest absolute Gasteiger partial charge is 0.350 e. The van der Waals surface area contributed by atoms with Crippen LogP contribution in [-0.4, -0.2) is 26.4 Å². The van der Waals surface area contributed by atoms with Crippen LogP contribution in [0.2, 0.25) is 0 Å².